The largest absolute Gasteiger partial charge is 0.494 e. The second-order valence-electron chi connectivity index (χ2n) is 5.04. The Morgan fingerprint density at radius 2 is 2.15 bits per heavy atom. The summed E-state index contributed by atoms with van der Waals surface area (Å²) in [6.07, 6.45) is 7.85. The first-order chi connectivity index (χ1) is 9.59. The second kappa shape index (κ2) is 6.17. The minimum absolute atomic E-state index is 0.223. The van der Waals surface area contributed by atoms with Gasteiger partial charge in [0.1, 0.15) is 5.75 Å². The van der Waals surface area contributed by atoms with Crippen LogP contribution in [0.1, 0.15) is 42.5 Å². The number of carbonyl (C=O) groups excluding carboxylic acids is 1. The zero-order chi connectivity index (χ0) is 14.6. The molecule has 1 heterocycles. The molecule has 0 atom stereocenters. The van der Waals surface area contributed by atoms with Crippen molar-refractivity contribution in [3.05, 3.63) is 24.0 Å². The van der Waals surface area contributed by atoms with Crippen LogP contribution >= 0.6 is 12.2 Å². The molecule has 1 fully saturated rings. The summed E-state index contributed by atoms with van der Waals surface area (Å²) >= 11 is 5.18. The smallest absolute Gasteiger partial charge is 0.255 e. The fraction of sp³-hybridized carbons (Fsp3) is 0.500. The Morgan fingerprint density at radius 1 is 1.45 bits per heavy atom. The third kappa shape index (κ3) is 2.90. The van der Waals surface area contributed by atoms with E-state index in [0.717, 1.165) is 32.1 Å². The molecule has 0 aromatic carbocycles. The Hall–Kier alpha value is -1.69. The van der Waals surface area contributed by atoms with E-state index < -0.39 is 5.54 Å². The lowest BCUT2D eigenvalue weighted by Gasteiger charge is -2.37. The molecule has 0 spiro atoms. The summed E-state index contributed by atoms with van der Waals surface area (Å²) in [4.78, 5) is 16.8. The van der Waals surface area contributed by atoms with Crippen molar-refractivity contribution >= 4 is 23.1 Å². The molecule has 1 aromatic heterocycles. The number of pyridine rings is 1. The van der Waals surface area contributed by atoms with E-state index in [1.165, 1.54) is 13.3 Å². The van der Waals surface area contributed by atoms with Crippen LogP contribution in [0.25, 0.3) is 0 Å². The van der Waals surface area contributed by atoms with Crippen LogP contribution in [0.4, 0.5) is 0 Å². The van der Waals surface area contributed by atoms with Gasteiger partial charge < -0.3 is 15.8 Å². The second-order valence-corrected chi connectivity index (χ2v) is 5.48. The number of aromatic nitrogens is 1. The van der Waals surface area contributed by atoms with E-state index in [4.69, 9.17) is 22.7 Å². The minimum atomic E-state index is -0.570. The lowest BCUT2D eigenvalue weighted by Crippen LogP contribution is -2.57. The fourth-order valence-corrected chi connectivity index (χ4v) is 2.86. The maximum atomic E-state index is 12.5. The molecule has 0 bridgehead atoms. The van der Waals surface area contributed by atoms with E-state index in [9.17, 15) is 4.79 Å². The number of rotatable bonds is 4. The molecule has 3 N–H and O–H groups in total. The SMILES string of the molecule is COc1cnccc1C(=O)NC1(C(N)=S)CCCCC1. The molecule has 1 aromatic rings. The zero-order valence-corrected chi connectivity index (χ0v) is 12.3. The summed E-state index contributed by atoms with van der Waals surface area (Å²) in [7, 11) is 1.51. The monoisotopic (exact) mass is 293 g/mol. The van der Waals surface area contributed by atoms with Crippen LogP contribution in [-0.2, 0) is 0 Å². The summed E-state index contributed by atoms with van der Waals surface area (Å²) in [5.74, 6) is 0.220. The number of ether oxygens (including phenoxy) is 1. The molecule has 1 aliphatic carbocycles. The van der Waals surface area contributed by atoms with Crippen molar-refractivity contribution in [2.45, 2.75) is 37.6 Å². The molecular weight excluding hydrogens is 274 g/mol. The van der Waals surface area contributed by atoms with Crippen LogP contribution in [0, 0.1) is 0 Å². The van der Waals surface area contributed by atoms with Gasteiger partial charge >= 0.3 is 0 Å². The van der Waals surface area contributed by atoms with Crippen molar-refractivity contribution in [1.82, 2.24) is 10.3 Å². The van der Waals surface area contributed by atoms with Crippen molar-refractivity contribution in [3.63, 3.8) is 0 Å². The van der Waals surface area contributed by atoms with E-state index in [2.05, 4.69) is 10.3 Å². The number of amides is 1. The third-order valence-corrected chi connectivity index (χ3v) is 4.17. The van der Waals surface area contributed by atoms with Gasteiger partial charge in [-0.15, -0.1) is 0 Å². The van der Waals surface area contributed by atoms with E-state index >= 15 is 0 Å². The highest BCUT2D eigenvalue weighted by atomic mass is 32.1. The summed E-state index contributed by atoms with van der Waals surface area (Å²) in [6, 6.07) is 1.63. The molecule has 6 heteroatoms. The molecule has 0 saturated heterocycles. The first-order valence-electron chi connectivity index (χ1n) is 6.69. The van der Waals surface area contributed by atoms with Gasteiger partial charge in [0, 0.05) is 6.20 Å². The minimum Gasteiger partial charge on any atom is -0.494 e. The lowest BCUT2D eigenvalue weighted by molar-refractivity contribution is 0.0905. The predicted molar refractivity (Wildman–Crippen MR) is 80.9 cm³/mol. The van der Waals surface area contributed by atoms with Gasteiger partial charge in [-0.25, -0.2) is 0 Å². The molecule has 1 amide bonds. The number of thiocarbonyl (C=S) groups is 1. The molecule has 0 radical (unpaired) electrons. The highest BCUT2D eigenvalue weighted by Gasteiger charge is 2.37. The molecule has 20 heavy (non-hydrogen) atoms. The number of methoxy groups -OCH3 is 1. The van der Waals surface area contributed by atoms with Gasteiger partial charge in [-0.2, -0.15) is 0 Å². The van der Waals surface area contributed by atoms with E-state index in [0.29, 0.717) is 16.3 Å². The number of carbonyl (C=O) groups is 1. The van der Waals surface area contributed by atoms with E-state index in [-0.39, 0.29) is 5.91 Å². The van der Waals surface area contributed by atoms with Gasteiger partial charge in [-0.1, -0.05) is 31.5 Å². The number of nitrogens with two attached hydrogens (primary N) is 1. The number of hydrogen-bond donors (Lipinski definition) is 2. The maximum absolute atomic E-state index is 12.5. The summed E-state index contributed by atoms with van der Waals surface area (Å²) in [6.45, 7) is 0. The Balaban J connectivity index is 2.22. The molecule has 1 saturated carbocycles. The topological polar surface area (TPSA) is 77.2 Å². The average molecular weight is 293 g/mol. The van der Waals surface area contributed by atoms with Gasteiger partial charge in [-0.05, 0) is 18.9 Å². The van der Waals surface area contributed by atoms with E-state index in [1.807, 2.05) is 0 Å². The Bertz CT molecular complexity index is 513. The molecule has 5 nitrogen and oxygen atoms in total. The fourth-order valence-electron chi connectivity index (χ4n) is 2.60. The van der Waals surface area contributed by atoms with Gasteiger partial charge in [0.2, 0.25) is 0 Å². The van der Waals surface area contributed by atoms with Crippen LogP contribution in [0.3, 0.4) is 0 Å². The normalized spacial score (nSPS) is 17.2. The van der Waals surface area contributed by atoms with Crippen molar-refractivity contribution < 1.29 is 9.53 Å². The van der Waals surface area contributed by atoms with Gasteiger partial charge in [0.05, 0.1) is 29.4 Å². The van der Waals surface area contributed by atoms with E-state index in [1.54, 1.807) is 12.3 Å². The quantitative estimate of drug-likeness (QED) is 0.828. The van der Waals surface area contributed by atoms with Crippen LogP contribution in [-0.4, -0.2) is 28.5 Å². The van der Waals surface area contributed by atoms with Gasteiger partial charge in [0.15, 0.2) is 0 Å². The van der Waals surface area contributed by atoms with Crippen LogP contribution in [0.15, 0.2) is 18.5 Å². The van der Waals surface area contributed by atoms with Crippen LogP contribution < -0.4 is 15.8 Å². The first-order valence-corrected chi connectivity index (χ1v) is 7.10. The molecular formula is C14H19N3O2S. The number of hydrogen-bond acceptors (Lipinski definition) is 4. The summed E-state index contributed by atoms with van der Waals surface area (Å²) in [5, 5.41) is 3.01. The maximum Gasteiger partial charge on any atom is 0.255 e. The third-order valence-electron chi connectivity index (χ3n) is 3.78. The molecule has 0 aliphatic heterocycles. The molecule has 2 rings (SSSR count). The van der Waals surface area contributed by atoms with Gasteiger partial charge in [0.25, 0.3) is 5.91 Å². The van der Waals surface area contributed by atoms with Crippen molar-refractivity contribution in [2.75, 3.05) is 7.11 Å². The zero-order valence-electron chi connectivity index (χ0n) is 11.5. The highest BCUT2D eigenvalue weighted by molar-refractivity contribution is 7.80. The average Bonchev–Trinajstić information content (AvgIpc) is 2.48. The number of nitrogens with zero attached hydrogens (tertiary/aromatic N) is 1. The number of nitrogens with one attached hydrogen (secondary N) is 1. The summed E-state index contributed by atoms with van der Waals surface area (Å²) in [5.41, 5.74) is 5.75. The van der Waals surface area contributed by atoms with Crippen molar-refractivity contribution in [3.8, 4) is 5.75 Å². The Morgan fingerprint density at radius 3 is 2.75 bits per heavy atom. The molecule has 0 unspecified atom stereocenters. The van der Waals surface area contributed by atoms with Crippen LogP contribution in [0.2, 0.25) is 0 Å². The molecule has 1 aliphatic rings. The lowest BCUT2D eigenvalue weighted by atomic mass is 9.81. The highest BCUT2D eigenvalue weighted by Crippen LogP contribution is 2.29. The standard InChI is InChI=1S/C14H19N3O2S/c1-19-11-9-16-8-5-10(11)12(18)17-14(13(15)20)6-3-2-4-7-14/h5,8-9H,2-4,6-7H2,1H3,(H2,15,20)(H,17,18). The van der Waals surface area contributed by atoms with Crippen molar-refractivity contribution in [2.24, 2.45) is 5.73 Å². The summed E-state index contributed by atoms with van der Waals surface area (Å²) < 4.78 is 5.16. The Kier molecular flexibility index (Phi) is 4.54. The first kappa shape index (κ1) is 14.7. The molecule has 108 valence electrons. The predicted octanol–water partition coefficient (Wildman–Crippen LogP) is 1.81. The van der Waals surface area contributed by atoms with Gasteiger partial charge in [-0.3, -0.25) is 9.78 Å². The van der Waals surface area contributed by atoms with Crippen LogP contribution in [0.5, 0.6) is 5.75 Å². The van der Waals surface area contributed by atoms with Crippen molar-refractivity contribution in [1.29, 1.82) is 0 Å². The Labute approximate surface area is 123 Å².